The summed E-state index contributed by atoms with van der Waals surface area (Å²) in [6.45, 7) is 3.28. The van der Waals surface area contributed by atoms with Gasteiger partial charge in [-0.2, -0.15) is 0 Å². The van der Waals surface area contributed by atoms with E-state index in [0.29, 0.717) is 13.1 Å². The summed E-state index contributed by atoms with van der Waals surface area (Å²) in [7, 11) is 0. The van der Waals surface area contributed by atoms with Gasteiger partial charge in [0, 0.05) is 25.8 Å². The van der Waals surface area contributed by atoms with E-state index >= 15 is 0 Å². The average molecular weight is 173 g/mol. The molecule has 12 heavy (non-hydrogen) atoms. The summed E-state index contributed by atoms with van der Waals surface area (Å²) in [5, 5.41) is 19.8. The summed E-state index contributed by atoms with van der Waals surface area (Å²) in [5.74, 6) is -0.727. The number of nitrogens with one attached hydrogen (secondary N) is 1. The van der Waals surface area contributed by atoms with Gasteiger partial charge in [0.25, 0.3) is 0 Å². The van der Waals surface area contributed by atoms with Crippen LogP contribution in [0.15, 0.2) is 12.2 Å². The fourth-order valence-electron chi connectivity index (χ4n) is 0.637. The number of hydrogen-bond acceptors (Lipinski definition) is 3. The number of aliphatic hydroxyl groups excluding tert-OH is 1. The molecule has 0 spiro atoms. The van der Waals surface area contributed by atoms with Crippen molar-refractivity contribution in [2.75, 3.05) is 19.7 Å². The Morgan fingerprint density at radius 2 is 2.33 bits per heavy atom. The number of rotatable bonds is 6. The zero-order valence-electron chi connectivity index (χ0n) is 7.16. The van der Waals surface area contributed by atoms with Crippen LogP contribution >= 0.6 is 0 Å². The highest BCUT2D eigenvalue weighted by molar-refractivity contribution is 5.79. The summed E-state index contributed by atoms with van der Waals surface area (Å²) in [6, 6.07) is 0. The molecule has 3 N–H and O–H groups in total. The van der Waals surface area contributed by atoms with Crippen LogP contribution in [-0.2, 0) is 4.79 Å². The van der Waals surface area contributed by atoms with Crippen molar-refractivity contribution in [1.82, 2.24) is 5.32 Å². The Balaban J connectivity index is 3.26. The zero-order valence-corrected chi connectivity index (χ0v) is 7.16. The van der Waals surface area contributed by atoms with E-state index in [1.807, 2.05) is 6.92 Å². The molecule has 0 aromatic carbocycles. The molecular weight excluding hydrogens is 158 g/mol. The molecule has 0 aromatic rings. The van der Waals surface area contributed by atoms with Gasteiger partial charge in [-0.05, 0) is 5.92 Å². The highest BCUT2D eigenvalue weighted by Gasteiger charge is 1.96. The Morgan fingerprint density at radius 3 is 2.83 bits per heavy atom. The maximum atomic E-state index is 10.00. The van der Waals surface area contributed by atoms with Gasteiger partial charge in [-0.15, -0.1) is 0 Å². The van der Waals surface area contributed by atoms with Crippen molar-refractivity contribution in [1.29, 1.82) is 0 Å². The van der Waals surface area contributed by atoms with Crippen molar-refractivity contribution >= 4 is 5.97 Å². The van der Waals surface area contributed by atoms with Gasteiger partial charge in [-0.1, -0.05) is 13.0 Å². The summed E-state index contributed by atoms with van der Waals surface area (Å²) >= 11 is 0. The standard InChI is InChI=1S/C8H15NO3/c1-7(6-10)5-9-4-2-3-8(11)12/h2-3,7,9-10H,4-6H2,1H3,(H,11,12)/b3-2+. The largest absolute Gasteiger partial charge is 0.478 e. The highest BCUT2D eigenvalue weighted by Crippen LogP contribution is 1.87. The van der Waals surface area contributed by atoms with Crippen LogP contribution in [0.5, 0.6) is 0 Å². The van der Waals surface area contributed by atoms with Gasteiger partial charge in [0.15, 0.2) is 0 Å². The Labute approximate surface area is 71.9 Å². The number of hydrogen-bond donors (Lipinski definition) is 3. The van der Waals surface area contributed by atoms with Gasteiger partial charge in [0.2, 0.25) is 0 Å². The van der Waals surface area contributed by atoms with Gasteiger partial charge in [-0.25, -0.2) is 4.79 Å². The molecule has 4 heteroatoms. The molecular formula is C8H15NO3. The Hall–Kier alpha value is -0.870. The second-order valence-electron chi connectivity index (χ2n) is 2.69. The smallest absolute Gasteiger partial charge is 0.328 e. The van der Waals surface area contributed by atoms with E-state index in [2.05, 4.69) is 5.32 Å². The number of aliphatic carboxylic acids is 1. The van der Waals surface area contributed by atoms with Crippen LogP contribution in [0.4, 0.5) is 0 Å². The van der Waals surface area contributed by atoms with Gasteiger partial charge in [0.1, 0.15) is 0 Å². The first-order valence-electron chi connectivity index (χ1n) is 3.88. The molecule has 0 aliphatic heterocycles. The maximum Gasteiger partial charge on any atom is 0.328 e. The van der Waals surface area contributed by atoms with E-state index in [9.17, 15) is 4.79 Å². The lowest BCUT2D eigenvalue weighted by Gasteiger charge is -2.06. The van der Waals surface area contributed by atoms with Crippen LogP contribution in [-0.4, -0.2) is 35.9 Å². The van der Waals surface area contributed by atoms with E-state index < -0.39 is 5.97 Å². The van der Waals surface area contributed by atoms with E-state index in [-0.39, 0.29) is 12.5 Å². The molecule has 0 fully saturated rings. The van der Waals surface area contributed by atoms with Crippen LogP contribution in [0.1, 0.15) is 6.92 Å². The molecule has 0 bridgehead atoms. The third-order valence-corrected chi connectivity index (χ3v) is 1.33. The predicted octanol–water partition coefficient (Wildman–Crippen LogP) is -0.155. The number of carbonyl (C=O) groups is 1. The minimum Gasteiger partial charge on any atom is -0.478 e. The topological polar surface area (TPSA) is 69.6 Å². The second kappa shape index (κ2) is 6.82. The van der Waals surface area contributed by atoms with Crippen molar-refractivity contribution in [3.05, 3.63) is 12.2 Å². The normalized spacial score (nSPS) is 13.5. The molecule has 4 nitrogen and oxygen atoms in total. The lowest BCUT2D eigenvalue weighted by atomic mass is 10.2. The van der Waals surface area contributed by atoms with E-state index in [0.717, 1.165) is 6.08 Å². The van der Waals surface area contributed by atoms with Crippen molar-refractivity contribution in [2.45, 2.75) is 6.92 Å². The molecule has 0 saturated heterocycles. The van der Waals surface area contributed by atoms with Crippen LogP contribution < -0.4 is 5.32 Å². The Bertz CT molecular complexity index is 156. The van der Waals surface area contributed by atoms with Gasteiger partial charge in [0.05, 0.1) is 0 Å². The average Bonchev–Trinajstić information content (AvgIpc) is 2.03. The first-order valence-corrected chi connectivity index (χ1v) is 3.88. The zero-order chi connectivity index (χ0) is 9.40. The number of aliphatic hydroxyl groups is 1. The van der Waals surface area contributed by atoms with Gasteiger partial charge >= 0.3 is 5.97 Å². The first-order chi connectivity index (χ1) is 5.66. The van der Waals surface area contributed by atoms with Crippen molar-refractivity contribution in [3.8, 4) is 0 Å². The minimum absolute atomic E-state index is 0.148. The first kappa shape index (κ1) is 11.1. The lowest BCUT2D eigenvalue weighted by molar-refractivity contribution is -0.131. The molecule has 0 aliphatic carbocycles. The third kappa shape index (κ3) is 7.24. The molecule has 1 unspecified atom stereocenters. The molecule has 0 heterocycles. The molecule has 0 amide bonds. The molecule has 70 valence electrons. The quantitative estimate of drug-likeness (QED) is 0.386. The van der Waals surface area contributed by atoms with Gasteiger partial charge in [-0.3, -0.25) is 0 Å². The number of carboxylic acid groups (broad SMARTS) is 1. The lowest BCUT2D eigenvalue weighted by Crippen LogP contribution is -2.23. The van der Waals surface area contributed by atoms with Crippen molar-refractivity contribution in [3.63, 3.8) is 0 Å². The Kier molecular flexibility index (Phi) is 6.32. The fourth-order valence-corrected chi connectivity index (χ4v) is 0.637. The Morgan fingerprint density at radius 1 is 1.67 bits per heavy atom. The maximum absolute atomic E-state index is 10.00. The summed E-state index contributed by atoms with van der Waals surface area (Å²) in [4.78, 5) is 10.00. The second-order valence-corrected chi connectivity index (χ2v) is 2.69. The van der Waals surface area contributed by atoms with Crippen LogP contribution in [0.3, 0.4) is 0 Å². The van der Waals surface area contributed by atoms with Crippen molar-refractivity contribution < 1.29 is 15.0 Å². The van der Waals surface area contributed by atoms with E-state index in [1.165, 1.54) is 6.08 Å². The minimum atomic E-state index is -0.938. The molecule has 0 aromatic heterocycles. The molecule has 0 aliphatic rings. The predicted molar refractivity (Wildman–Crippen MR) is 45.9 cm³/mol. The van der Waals surface area contributed by atoms with Crippen LogP contribution in [0.2, 0.25) is 0 Å². The number of carboxylic acids is 1. The summed E-state index contributed by atoms with van der Waals surface area (Å²) in [6.07, 6.45) is 2.63. The molecule has 0 radical (unpaired) electrons. The molecule has 0 rings (SSSR count). The van der Waals surface area contributed by atoms with Crippen LogP contribution in [0.25, 0.3) is 0 Å². The highest BCUT2D eigenvalue weighted by atomic mass is 16.4. The van der Waals surface area contributed by atoms with Gasteiger partial charge < -0.3 is 15.5 Å². The van der Waals surface area contributed by atoms with E-state index in [4.69, 9.17) is 10.2 Å². The van der Waals surface area contributed by atoms with Crippen LogP contribution in [0, 0.1) is 5.92 Å². The monoisotopic (exact) mass is 173 g/mol. The fraction of sp³-hybridized carbons (Fsp3) is 0.625. The third-order valence-electron chi connectivity index (χ3n) is 1.33. The molecule has 1 atom stereocenters. The molecule has 0 saturated carbocycles. The SMILES string of the molecule is CC(CO)CNC/C=C/C(=O)O. The summed E-state index contributed by atoms with van der Waals surface area (Å²) < 4.78 is 0. The summed E-state index contributed by atoms with van der Waals surface area (Å²) in [5.41, 5.74) is 0. The van der Waals surface area contributed by atoms with E-state index in [1.54, 1.807) is 0 Å². The van der Waals surface area contributed by atoms with Crippen molar-refractivity contribution in [2.24, 2.45) is 5.92 Å².